The third-order valence-corrected chi connectivity index (χ3v) is 4.01. The third-order valence-electron chi connectivity index (χ3n) is 4.01. The lowest BCUT2D eigenvalue weighted by atomic mass is 9.90. The SMILES string of the molecule is NCCCc1cc2c(c3cc(C(=O)N=O)ccc13)CNC=C2. The van der Waals surface area contributed by atoms with E-state index in [2.05, 4.69) is 16.6 Å². The van der Waals surface area contributed by atoms with Gasteiger partial charge in [0.05, 0.1) is 0 Å². The van der Waals surface area contributed by atoms with Gasteiger partial charge in [-0.15, -0.1) is 4.91 Å². The number of nitrogens with one attached hydrogen (secondary N) is 1. The van der Waals surface area contributed by atoms with Gasteiger partial charge in [0, 0.05) is 17.3 Å². The molecule has 1 amide bonds. The van der Waals surface area contributed by atoms with Gasteiger partial charge in [-0.1, -0.05) is 12.1 Å². The summed E-state index contributed by atoms with van der Waals surface area (Å²) in [6.07, 6.45) is 5.74. The van der Waals surface area contributed by atoms with Crippen LogP contribution in [0.2, 0.25) is 0 Å². The zero-order chi connectivity index (χ0) is 15.5. The molecule has 0 unspecified atom stereocenters. The number of fused-ring (bicyclic) bond motifs is 3. The van der Waals surface area contributed by atoms with Crippen LogP contribution in [-0.2, 0) is 13.0 Å². The zero-order valence-electron chi connectivity index (χ0n) is 12.1. The van der Waals surface area contributed by atoms with Crippen LogP contribution in [0.1, 0.15) is 33.5 Å². The van der Waals surface area contributed by atoms with E-state index in [1.165, 1.54) is 5.56 Å². The molecule has 1 heterocycles. The molecule has 0 saturated carbocycles. The van der Waals surface area contributed by atoms with Gasteiger partial charge >= 0.3 is 5.91 Å². The summed E-state index contributed by atoms with van der Waals surface area (Å²) < 4.78 is 0. The summed E-state index contributed by atoms with van der Waals surface area (Å²) in [7, 11) is 0. The van der Waals surface area contributed by atoms with Crippen LogP contribution in [0.25, 0.3) is 16.8 Å². The Kier molecular flexibility index (Phi) is 3.98. The second kappa shape index (κ2) is 6.07. The minimum atomic E-state index is -0.734. The van der Waals surface area contributed by atoms with E-state index in [0.717, 1.165) is 34.7 Å². The first-order valence-corrected chi connectivity index (χ1v) is 7.31. The van der Waals surface area contributed by atoms with E-state index in [4.69, 9.17) is 5.73 Å². The first-order chi connectivity index (χ1) is 10.7. The van der Waals surface area contributed by atoms with Crippen LogP contribution in [0.4, 0.5) is 0 Å². The normalized spacial score (nSPS) is 12.8. The number of nitrogens with two attached hydrogens (primary N) is 1. The van der Waals surface area contributed by atoms with E-state index in [-0.39, 0.29) is 0 Å². The summed E-state index contributed by atoms with van der Waals surface area (Å²) in [6, 6.07) is 7.52. The summed E-state index contributed by atoms with van der Waals surface area (Å²) in [5.74, 6) is -0.734. The van der Waals surface area contributed by atoms with E-state index in [9.17, 15) is 9.70 Å². The van der Waals surface area contributed by atoms with Crippen LogP contribution >= 0.6 is 0 Å². The van der Waals surface area contributed by atoms with Gasteiger partial charge in [-0.25, -0.2) is 0 Å². The predicted molar refractivity (Wildman–Crippen MR) is 87.3 cm³/mol. The van der Waals surface area contributed by atoms with Gasteiger partial charge < -0.3 is 11.1 Å². The molecule has 1 aliphatic rings. The second-order valence-corrected chi connectivity index (χ2v) is 5.37. The number of carbonyl (C=O) groups excluding carboxylic acids is 1. The monoisotopic (exact) mass is 295 g/mol. The summed E-state index contributed by atoms with van der Waals surface area (Å²) >= 11 is 0. The number of aryl methyl sites for hydroxylation is 1. The lowest BCUT2D eigenvalue weighted by Gasteiger charge is -2.18. The van der Waals surface area contributed by atoms with Gasteiger partial charge in [0.1, 0.15) is 0 Å². The Hall–Kier alpha value is -2.53. The molecule has 3 rings (SSSR count). The first kappa shape index (κ1) is 14.4. The van der Waals surface area contributed by atoms with Crippen molar-refractivity contribution in [2.75, 3.05) is 6.54 Å². The first-order valence-electron chi connectivity index (χ1n) is 7.31. The number of hydrogen-bond acceptors (Lipinski definition) is 4. The highest BCUT2D eigenvalue weighted by atomic mass is 16.3. The smallest absolute Gasteiger partial charge is 0.316 e. The Labute approximate surface area is 128 Å². The number of rotatable bonds is 4. The van der Waals surface area contributed by atoms with Gasteiger partial charge in [0.2, 0.25) is 0 Å². The van der Waals surface area contributed by atoms with Crippen LogP contribution in [-0.4, -0.2) is 12.5 Å². The maximum atomic E-state index is 11.6. The number of nitrogens with zero attached hydrogens (tertiary/aromatic N) is 1. The molecular formula is C17H17N3O2. The summed E-state index contributed by atoms with van der Waals surface area (Å²) in [5.41, 5.74) is 9.44. The molecule has 0 spiro atoms. The average Bonchev–Trinajstić information content (AvgIpc) is 2.58. The van der Waals surface area contributed by atoms with Crippen molar-refractivity contribution >= 4 is 22.8 Å². The number of amides is 1. The maximum Gasteiger partial charge on any atom is 0.316 e. The van der Waals surface area contributed by atoms with E-state index < -0.39 is 5.91 Å². The van der Waals surface area contributed by atoms with Crippen LogP contribution < -0.4 is 11.1 Å². The van der Waals surface area contributed by atoms with Crippen LogP contribution in [0.15, 0.2) is 35.6 Å². The highest BCUT2D eigenvalue weighted by molar-refractivity contribution is 6.01. The van der Waals surface area contributed by atoms with Gasteiger partial charge in [-0.2, -0.15) is 0 Å². The summed E-state index contributed by atoms with van der Waals surface area (Å²) in [6.45, 7) is 1.34. The topological polar surface area (TPSA) is 84.6 Å². The molecule has 2 aromatic carbocycles. The highest BCUT2D eigenvalue weighted by Gasteiger charge is 2.15. The number of nitroso groups, excluding NO2 is 1. The molecule has 2 aromatic rings. The minimum Gasteiger partial charge on any atom is -0.387 e. The van der Waals surface area contributed by atoms with Crippen LogP contribution in [0.3, 0.4) is 0 Å². The van der Waals surface area contributed by atoms with Crippen LogP contribution in [0, 0.1) is 4.91 Å². The average molecular weight is 295 g/mol. The van der Waals surface area contributed by atoms with Crippen molar-refractivity contribution < 1.29 is 4.79 Å². The van der Waals surface area contributed by atoms with Crippen LogP contribution in [0.5, 0.6) is 0 Å². The molecule has 22 heavy (non-hydrogen) atoms. The van der Waals surface area contributed by atoms with Gasteiger partial charge in [0.15, 0.2) is 0 Å². The molecule has 0 atom stereocenters. The predicted octanol–water partition coefficient (Wildman–Crippen LogP) is 2.71. The molecule has 5 nitrogen and oxygen atoms in total. The van der Waals surface area contributed by atoms with Crippen molar-refractivity contribution in [1.82, 2.24) is 5.32 Å². The van der Waals surface area contributed by atoms with Gasteiger partial charge in [-0.3, -0.25) is 4.79 Å². The number of benzene rings is 2. The number of carbonyl (C=O) groups is 1. The van der Waals surface area contributed by atoms with Crippen molar-refractivity contribution in [3.63, 3.8) is 0 Å². The fourth-order valence-corrected chi connectivity index (χ4v) is 2.92. The van der Waals surface area contributed by atoms with Crippen molar-refractivity contribution in [2.24, 2.45) is 10.9 Å². The third kappa shape index (κ3) is 2.51. The molecule has 0 saturated heterocycles. The lowest BCUT2D eigenvalue weighted by Crippen LogP contribution is -2.12. The molecule has 5 heteroatoms. The Morgan fingerprint density at radius 2 is 2.14 bits per heavy atom. The van der Waals surface area contributed by atoms with Crippen molar-refractivity contribution in [2.45, 2.75) is 19.4 Å². The molecule has 3 N–H and O–H groups in total. The molecule has 1 aliphatic heterocycles. The van der Waals surface area contributed by atoms with Gasteiger partial charge in [-0.05, 0) is 71.3 Å². The fourth-order valence-electron chi connectivity index (χ4n) is 2.92. The molecule has 0 radical (unpaired) electrons. The van der Waals surface area contributed by atoms with Gasteiger partial charge in [0.25, 0.3) is 0 Å². The second-order valence-electron chi connectivity index (χ2n) is 5.37. The minimum absolute atomic E-state index is 0.329. The quantitative estimate of drug-likeness (QED) is 0.849. The van der Waals surface area contributed by atoms with Crippen molar-refractivity contribution in [3.05, 3.63) is 57.6 Å². The summed E-state index contributed by atoms with van der Waals surface area (Å²) in [5, 5.41) is 7.80. The molecule has 112 valence electrons. The number of hydrogen-bond donors (Lipinski definition) is 2. The summed E-state index contributed by atoms with van der Waals surface area (Å²) in [4.78, 5) is 22.1. The standard InChI is InChI=1S/C17H17N3O2/c18-6-1-2-11-8-12-5-7-19-10-16(12)15-9-13(17(21)20-22)3-4-14(11)15/h3-5,7-9,19H,1-2,6,10,18H2. The lowest BCUT2D eigenvalue weighted by molar-refractivity contribution is 0.100. The Bertz CT molecular complexity index is 781. The maximum absolute atomic E-state index is 11.6. The Morgan fingerprint density at radius 1 is 1.27 bits per heavy atom. The Morgan fingerprint density at radius 3 is 2.91 bits per heavy atom. The Balaban J connectivity index is 2.23. The van der Waals surface area contributed by atoms with E-state index in [0.29, 0.717) is 18.7 Å². The van der Waals surface area contributed by atoms with E-state index in [1.54, 1.807) is 12.1 Å². The molecule has 0 aliphatic carbocycles. The molecule has 0 aromatic heterocycles. The molecule has 0 fully saturated rings. The van der Waals surface area contributed by atoms with E-state index in [1.807, 2.05) is 18.3 Å². The van der Waals surface area contributed by atoms with E-state index >= 15 is 0 Å². The highest BCUT2D eigenvalue weighted by Crippen LogP contribution is 2.30. The zero-order valence-corrected chi connectivity index (χ0v) is 12.1. The fraction of sp³-hybridized carbons (Fsp3) is 0.235. The molecule has 0 bridgehead atoms. The molecular weight excluding hydrogens is 278 g/mol. The van der Waals surface area contributed by atoms with Crippen molar-refractivity contribution in [3.8, 4) is 0 Å². The largest absolute Gasteiger partial charge is 0.387 e. The van der Waals surface area contributed by atoms with Crippen molar-refractivity contribution in [1.29, 1.82) is 0 Å².